The van der Waals surface area contributed by atoms with Crippen LogP contribution in [0.1, 0.15) is 65.7 Å². The molecule has 0 amide bonds. The number of ketones is 1. The Morgan fingerprint density at radius 3 is 2.76 bits per heavy atom. The molecule has 0 saturated heterocycles. The summed E-state index contributed by atoms with van der Waals surface area (Å²) in [7, 11) is 0. The Kier molecular flexibility index (Phi) is 3.85. The Morgan fingerprint density at radius 2 is 2.10 bits per heavy atom. The summed E-state index contributed by atoms with van der Waals surface area (Å²) in [6.07, 6.45) is 8.88. The van der Waals surface area contributed by atoms with Gasteiger partial charge in [-0.15, -0.1) is 0 Å². The molecule has 4 atom stereocenters. The van der Waals surface area contributed by atoms with Crippen LogP contribution >= 0.6 is 0 Å². The smallest absolute Gasteiger partial charge is 0.156 e. The van der Waals surface area contributed by atoms with Gasteiger partial charge < -0.3 is 5.11 Å². The Hall–Kier alpha value is -0.890. The van der Waals surface area contributed by atoms with Crippen LogP contribution < -0.4 is 0 Å². The van der Waals surface area contributed by atoms with Gasteiger partial charge >= 0.3 is 0 Å². The number of rotatable bonds is 2. The summed E-state index contributed by atoms with van der Waals surface area (Å²) in [5.41, 5.74) is 4.52. The normalized spacial score (nSPS) is 37.7. The van der Waals surface area contributed by atoms with Gasteiger partial charge in [0.25, 0.3) is 0 Å². The van der Waals surface area contributed by atoms with Gasteiger partial charge in [0, 0.05) is 6.42 Å². The minimum atomic E-state index is -0.237. The summed E-state index contributed by atoms with van der Waals surface area (Å²) in [5, 5.41) is 10.3. The van der Waals surface area contributed by atoms with E-state index in [1.54, 1.807) is 5.57 Å². The summed E-state index contributed by atoms with van der Waals surface area (Å²) < 4.78 is 0. The lowest BCUT2D eigenvalue weighted by Gasteiger charge is -2.51. The number of aliphatic hydroxyl groups is 1. The largest absolute Gasteiger partial charge is 0.393 e. The van der Waals surface area contributed by atoms with Crippen LogP contribution in [0.2, 0.25) is 0 Å². The molecule has 0 spiro atoms. The Balaban J connectivity index is 2.00. The molecule has 3 aliphatic rings. The fourth-order valence-electron chi connectivity index (χ4n) is 5.16. The quantitative estimate of drug-likeness (QED) is 0.827. The van der Waals surface area contributed by atoms with Crippen molar-refractivity contribution < 1.29 is 9.90 Å². The maximum absolute atomic E-state index is 11.7. The molecule has 0 aromatic heterocycles. The topological polar surface area (TPSA) is 37.3 Å². The first-order valence-corrected chi connectivity index (χ1v) is 8.61. The molecule has 0 aromatic carbocycles. The highest BCUT2D eigenvalue weighted by Gasteiger charge is 2.47. The molecule has 0 heterocycles. The highest BCUT2D eigenvalue weighted by Crippen LogP contribution is 2.55. The first-order chi connectivity index (χ1) is 9.97. The predicted octanol–water partition coefficient (Wildman–Crippen LogP) is 4.19. The van der Waals surface area contributed by atoms with E-state index in [-0.39, 0.29) is 11.5 Å². The highest BCUT2D eigenvalue weighted by molar-refractivity contribution is 5.93. The average Bonchev–Trinajstić information content (AvgIpc) is 2.46. The lowest BCUT2D eigenvalue weighted by Crippen LogP contribution is -2.46. The first kappa shape index (κ1) is 15.0. The monoisotopic (exact) mass is 288 g/mol. The van der Waals surface area contributed by atoms with E-state index in [9.17, 15) is 9.90 Å². The molecule has 1 saturated carbocycles. The molecular weight excluding hydrogens is 260 g/mol. The minimum Gasteiger partial charge on any atom is -0.393 e. The minimum absolute atomic E-state index is 0.0508. The van der Waals surface area contributed by atoms with Crippen LogP contribution in [-0.2, 0) is 4.79 Å². The lowest BCUT2D eigenvalue weighted by atomic mass is 9.54. The second kappa shape index (κ2) is 5.39. The van der Waals surface area contributed by atoms with E-state index in [2.05, 4.69) is 13.8 Å². The third-order valence-electron chi connectivity index (χ3n) is 6.56. The maximum Gasteiger partial charge on any atom is 0.156 e. The van der Waals surface area contributed by atoms with Crippen molar-refractivity contribution in [2.45, 2.75) is 71.8 Å². The zero-order chi connectivity index (χ0) is 15.2. The molecule has 3 rings (SSSR count). The SMILES string of the molecule is CC[C@H]1[C@@H]2CCC3=CC(=O)CCC3=C2CC[C@]1(C)C(C)O. The number of carbonyl (C=O) groups excluding carboxylic acids is 1. The standard InChI is InChI=1S/C19H28O2/c1-4-18-17-7-5-13-11-14(21)6-8-15(13)16(17)9-10-19(18,3)12(2)20/h11-12,17-18,20H,4-10H2,1-3H3/t12?,17-,18+,19-/m1/s1. The molecule has 116 valence electrons. The van der Waals surface area contributed by atoms with Crippen LogP contribution in [-0.4, -0.2) is 17.0 Å². The fraction of sp³-hybridized carbons (Fsp3) is 0.737. The molecule has 3 aliphatic carbocycles. The molecule has 1 fully saturated rings. The number of aliphatic hydroxyl groups excluding tert-OH is 1. The van der Waals surface area contributed by atoms with Crippen LogP contribution in [0.3, 0.4) is 0 Å². The Labute approximate surface area is 128 Å². The highest BCUT2D eigenvalue weighted by atomic mass is 16.3. The Morgan fingerprint density at radius 1 is 1.33 bits per heavy atom. The van der Waals surface area contributed by atoms with Gasteiger partial charge in [0.05, 0.1) is 6.10 Å². The zero-order valence-electron chi connectivity index (χ0n) is 13.6. The van der Waals surface area contributed by atoms with Crippen molar-refractivity contribution in [1.82, 2.24) is 0 Å². The van der Waals surface area contributed by atoms with E-state index in [1.165, 1.54) is 17.6 Å². The lowest BCUT2D eigenvalue weighted by molar-refractivity contribution is -0.114. The van der Waals surface area contributed by atoms with Gasteiger partial charge in [0.15, 0.2) is 5.78 Å². The van der Waals surface area contributed by atoms with Crippen molar-refractivity contribution in [2.24, 2.45) is 17.3 Å². The zero-order valence-corrected chi connectivity index (χ0v) is 13.6. The van der Waals surface area contributed by atoms with Crippen LogP contribution in [0, 0.1) is 17.3 Å². The molecule has 0 bridgehead atoms. The number of fused-ring (bicyclic) bond motifs is 2. The molecule has 2 heteroatoms. The summed E-state index contributed by atoms with van der Waals surface area (Å²) >= 11 is 0. The van der Waals surface area contributed by atoms with Crippen LogP contribution in [0.25, 0.3) is 0 Å². The van der Waals surface area contributed by atoms with Crippen LogP contribution in [0.15, 0.2) is 22.8 Å². The van der Waals surface area contributed by atoms with E-state index in [4.69, 9.17) is 0 Å². The number of allylic oxidation sites excluding steroid dienone is 4. The van der Waals surface area contributed by atoms with Crippen molar-refractivity contribution in [3.63, 3.8) is 0 Å². The molecule has 0 aliphatic heterocycles. The molecule has 1 unspecified atom stereocenters. The van der Waals surface area contributed by atoms with Gasteiger partial charge in [0.1, 0.15) is 0 Å². The maximum atomic E-state index is 11.7. The van der Waals surface area contributed by atoms with E-state index >= 15 is 0 Å². The van der Waals surface area contributed by atoms with Crippen molar-refractivity contribution in [2.75, 3.05) is 0 Å². The van der Waals surface area contributed by atoms with Gasteiger partial charge in [-0.25, -0.2) is 0 Å². The second-order valence-corrected chi connectivity index (χ2v) is 7.48. The molecular formula is C19H28O2. The van der Waals surface area contributed by atoms with Crippen molar-refractivity contribution in [3.8, 4) is 0 Å². The van der Waals surface area contributed by atoms with E-state index in [0.29, 0.717) is 24.0 Å². The van der Waals surface area contributed by atoms with Crippen molar-refractivity contribution in [3.05, 3.63) is 22.8 Å². The van der Waals surface area contributed by atoms with Crippen LogP contribution in [0.4, 0.5) is 0 Å². The number of hydrogen-bond acceptors (Lipinski definition) is 2. The number of carbonyl (C=O) groups is 1. The molecule has 21 heavy (non-hydrogen) atoms. The molecule has 1 N–H and O–H groups in total. The molecule has 2 nitrogen and oxygen atoms in total. The summed E-state index contributed by atoms with van der Waals surface area (Å²) in [4.78, 5) is 11.7. The molecule has 0 radical (unpaired) electrons. The summed E-state index contributed by atoms with van der Waals surface area (Å²) in [6, 6.07) is 0. The summed E-state index contributed by atoms with van der Waals surface area (Å²) in [5.74, 6) is 1.51. The predicted molar refractivity (Wildman–Crippen MR) is 84.9 cm³/mol. The number of hydrogen-bond donors (Lipinski definition) is 1. The Bertz CT molecular complexity index is 512. The van der Waals surface area contributed by atoms with E-state index in [0.717, 1.165) is 32.1 Å². The molecule has 0 aromatic rings. The fourth-order valence-corrected chi connectivity index (χ4v) is 5.16. The van der Waals surface area contributed by atoms with Crippen molar-refractivity contribution >= 4 is 5.78 Å². The van der Waals surface area contributed by atoms with E-state index in [1.807, 2.05) is 13.0 Å². The van der Waals surface area contributed by atoms with Crippen molar-refractivity contribution in [1.29, 1.82) is 0 Å². The van der Waals surface area contributed by atoms with Gasteiger partial charge in [-0.05, 0) is 73.5 Å². The van der Waals surface area contributed by atoms with Gasteiger partial charge in [-0.1, -0.05) is 25.8 Å². The van der Waals surface area contributed by atoms with Gasteiger partial charge in [0.2, 0.25) is 0 Å². The third-order valence-corrected chi connectivity index (χ3v) is 6.56. The van der Waals surface area contributed by atoms with Crippen LogP contribution in [0.5, 0.6) is 0 Å². The van der Waals surface area contributed by atoms with Gasteiger partial charge in [-0.2, -0.15) is 0 Å². The van der Waals surface area contributed by atoms with Gasteiger partial charge in [-0.3, -0.25) is 4.79 Å². The first-order valence-electron chi connectivity index (χ1n) is 8.61. The third kappa shape index (κ3) is 2.32. The average molecular weight is 288 g/mol. The van der Waals surface area contributed by atoms with E-state index < -0.39 is 0 Å². The second-order valence-electron chi connectivity index (χ2n) is 7.48. The summed E-state index contributed by atoms with van der Waals surface area (Å²) in [6.45, 7) is 6.52.